The van der Waals surface area contributed by atoms with Gasteiger partial charge in [-0.1, -0.05) is 30.3 Å². The second-order valence-corrected chi connectivity index (χ2v) is 7.66. The van der Waals surface area contributed by atoms with Gasteiger partial charge in [-0.25, -0.2) is 0 Å². The normalized spacial score (nSPS) is 13.7. The number of thiophene rings is 1. The molecule has 5 rings (SSSR count). The Kier molecular flexibility index (Phi) is 3.02. The lowest BCUT2D eigenvalue weighted by Crippen LogP contribution is -2.20. The van der Waals surface area contributed by atoms with Crippen molar-refractivity contribution in [2.24, 2.45) is 0 Å². The smallest absolute Gasteiger partial charge is 0.267 e. The molecule has 0 bridgehead atoms. The molecule has 0 atom stereocenters. The van der Waals surface area contributed by atoms with Crippen molar-refractivity contribution in [3.05, 3.63) is 68.0 Å². The Hall–Kier alpha value is -2.24. The Morgan fingerprint density at radius 3 is 2.79 bits per heavy atom. The Morgan fingerprint density at radius 2 is 1.92 bits per heavy atom. The third-order valence-electron chi connectivity index (χ3n) is 4.75. The maximum absolute atomic E-state index is 13.2. The van der Waals surface area contributed by atoms with Crippen molar-refractivity contribution in [1.82, 2.24) is 9.55 Å². The maximum atomic E-state index is 13.2. The Balaban J connectivity index is 1.85. The molecule has 0 amide bonds. The number of hydrogen-bond acceptors (Lipinski definition) is 3. The minimum Gasteiger partial charge on any atom is -0.323 e. The van der Waals surface area contributed by atoms with Gasteiger partial charge >= 0.3 is 0 Å². The molecule has 0 radical (unpaired) electrons. The van der Waals surface area contributed by atoms with Crippen LogP contribution in [0.1, 0.15) is 16.9 Å². The number of H-pyrrole nitrogens is 1. The molecule has 2 heterocycles. The van der Waals surface area contributed by atoms with Crippen molar-refractivity contribution in [3.8, 4) is 5.69 Å². The number of rotatable bonds is 1. The summed E-state index contributed by atoms with van der Waals surface area (Å²) in [4.78, 5) is 18.7. The van der Waals surface area contributed by atoms with Gasteiger partial charge in [0.15, 0.2) is 4.77 Å². The number of hydrogen-bond donors (Lipinski definition) is 1. The van der Waals surface area contributed by atoms with Crippen molar-refractivity contribution in [2.75, 3.05) is 0 Å². The van der Waals surface area contributed by atoms with Crippen LogP contribution in [0, 0.1) is 4.77 Å². The molecule has 0 saturated heterocycles. The quantitative estimate of drug-likeness (QED) is 0.503. The van der Waals surface area contributed by atoms with Crippen molar-refractivity contribution >= 4 is 44.5 Å². The van der Waals surface area contributed by atoms with E-state index in [0.29, 0.717) is 4.77 Å². The Labute approximate surface area is 147 Å². The number of nitrogens with one attached hydrogen (secondary N) is 1. The van der Waals surface area contributed by atoms with Gasteiger partial charge in [-0.3, -0.25) is 9.36 Å². The number of benzene rings is 2. The first-order valence-corrected chi connectivity index (χ1v) is 9.23. The van der Waals surface area contributed by atoms with Gasteiger partial charge in [0, 0.05) is 4.88 Å². The standard InChI is InChI=1S/C19H14N2OS2/c22-18-16-14-6-3-7-15(14)24-17(16)20-19(23)21(18)13-9-8-11-4-1-2-5-12(11)10-13/h1-2,4-5,8-10H,3,6-7H2,(H,20,23). The molecule has 0 saturated carbocycles. The first-order chi connectivity index (χ1) is 11.7. The van der Waals surface area contributed by atoms with E-state index in [4.69, 9.17) is 12.2 Å². The van der Waals surface area contributed by atoms with E-state index in [-0.39, 0.29) is 5.56 Å². The zero-order chi connectivity index (χ0) is 16.3. The van der Waals surface area contributed by atoms with Crippen LogP contribution in [-0.2, 0) is 12.8 Å². The topological polar surface area (TPSA) is 37.8 Å². The molecular formula is C19H14N2OS2. The molecule has 1 N–H and O–H groups in total. The zero-order valence-electron chi connectivity index (χ0n) is 12.8. The van der Waals surface area contributed by atoms with Gasteiger partial charge in [0.2, 0.25) is 0 Å². The molecule has 0 spiro atoms. The summed E-state index contributed by atoms with van der Waals surface area (Å²) < 4.78 is 2.10. The van der Waals surface area contributed by atoms with Gasteiger partial charge in [0.05, 0.1) is 11.1 Å². The van der Waals surface area contributed by atoms with E-state index in [1.807, 2.05) is 30.3 Å². The van der Waals surface area contributed by atoms with E-state index in [2.05, 4.69) is 17.1 Å². The highest BCUT2D eigenvalue weighted by atomic mass is 32.1. The molecule has 118 valence electrons. The lowest BCUT2D eigenvalue weighted by molar-refractivity contribution is 0.910. The molecule has 2 aromatic carbocycles. The zero-order valence-corrected chi connectivity index (χ0v) is 14.5. The number of nitrogens with zero attached hydrogens (tertiary/aromatic N) is 1. The molecule has 24 heavy (non-hydrogen) atoms. The third-order valence-corrected chi connectivity index (χ3v) is 6.24. The summed E-state index contributed by atoms with van der Waals surface area (Å²) in [5.74, 6) is 0. The number of aryl methyl sites for hydroxylation is 2. The lowest BCUT2D eigenvalue weighted by Gasteiger charge is -2.08. The summed E-state index contributed by atoms with van der Waals surface area (Å²) in [6.45, 7) is 0. The van der Waals surface area contributed by atoms with Crippen LogP contribution >= 0.6 is 23.6 Å². The number of aromatic nitrogens is 2. The molecule has 1 aliphatic carbocycles. The average molecular weight is 350 g/mol. The molecule has 2 aromatic heterocycles. The van der Waals surface area contributed by atoms with Crippen molar-refractivity contribution < 1.29 is 0 Å². The Bertz CT molecular complexity index is 1230. The van der Waals surface area contributed by atoms with Crippen LogP contribution in [0.5, 0.6) is 0 Å². The molecule has 1 aliphatic rings. The van der Waals surface area contributed by atoms with Gasteiger partial charge in [0.1, 0.15) is 4.83 Å². The summed E-state index contributed by atoms with van der Waals surface area (Å²) >= 11 is 7.18. The van der Waals surface area contributed by atoms with E-state index in [9.17, 15) is 4.79 Å². The minimum absolute atomic E-state index is 0.00318. The van der Waals surface area contributed by atoms with Crippen LogP contribution in [0.4, 0.5) is 0 Å². The fourth-order valence-electron chi connectivity index (χ4n) is 3.63. The van der Waals surface area contributed by atoms with Crippen LogP contribution in [-0.4, -0.2) is 9.55 Å². The summed E-state index contributed by atoms with van der Waals surface area (Å²) in [5, 5.41) is 3.09. The Morgan fingerprint density at radius 1 is 1.08 bits per heavy atom. The SMILES string of the molecule is O=c1c2c3c(sc2[nH]c(=S)n1-c1ccc2ccccc2c1)CCC3. The van der Waals surface area contributed by atoms with Crippen molar-refractivity contribution in [3.63, 3.8) is 0 Å². The molecule has 0 unspecified atom stereocenters. The maximum Gasteiger partial charge on any atom is 0.267 e. The van der Waals surface area contributed by atoms with Crippen LogP contribution in [0.3, 0.4) is 0 Å². The van der Waals surface area contributed by atoms with Crippen molar-refractivity contribution in [2.45, 2.75) is 19.3 Å². The highest BCUT2D eigenvalue weighted by Crippen LogP contribution is 2.34. The summed E-state index contributed by atoms with van der Waals surface area (Å²) in [5.41, 5.74) is 2.05. The fraction of sp³-hybridized carbons (Fsp3) is 0.158. The van der Waals surface area contributed by atoms with Gasteiger partial charge in [0.25, 0.3) is 5.56 Å². The average Bonchev–Trinajstić information content (AvgIpc) is 3.15. The fourth-order valence-corrected chi connectivity index (χ4v) is 5.26. The van der Waals surface area contributed by atoms with Crippen LogP contribution in [0.25, 0.3) is 26.7 Å². The predicted octanol–water partition coefficient (Wildman–Crippen LogP) is 4.75. The van der Waals surface area contributed by atoms with Gasteiger partial charge in [-0.2, -0.15) is 0 Å². The summed E-state index contributed by atoms with van der Waals surface area (Å²) in [7, 11) is 0. The predicted molar refractivity (Wildman–Crippen MR) is 102 cm³/mol. The number of fused-ring (bicyclic) bond motifs is 4. The van der Waals surface area contributed by atoms with Crippen LogP contribution in [0.2, 0.25) is 0 Å². The highest BCUT2D eigenvalue weighted by Gasteiger charge is 2.21. The molecule has 3 nitrogen and oxygen atoms in total. The van der Waals surface area contributed by atoms with E-state index >= 15 is 0 Å². The largest absolute Gasteiger partial charge is 0.323 e. The molecule has 0 fully saturated rings. The monoisotopic (exact) mass is 350 g/mol. The van der Waals surface area contributed by atoms with Gasteiger partial charge < -0.3 is 4.98 Å². The molecule has 4 aromatic rings. The second-order valence-electron chi connectivity index (χ2n) is 6.16. The van der Waals surface area contributed by atoms with E-state index < -0.39 is 0 Å². The van der Waals surface area contributed by atoms with Crippen LogP contribution < -0.4 is 5.56 Å². The van der Waals surface area contributed by atoms with E-state index in [1.165, 1.54) is 10.4 Å². The highest BCUT2D eigenvalue weighted by molar-refractivity contribution is 7.71. The van der Waals surface area contributed by atoms with Crippen LogP contribution in [0.15, 0.2) is 47.3 Å². The van der Waals surface area contributed by atoms with Crippen molar-refractivity contribution in [1.29, 1.82) is 0 Å². The lowest BCUT2D eigenvalue weighted by atomic mass is 10.1. The summed E-state index contributed by atoms with van der Waals surface area (Å²) in [6, 6.07) is 14.2. The first kappa shape index (κ1) is 14.1. The van der Waals surface area contributed by atoms with E-state index in [1.54, 1.807) is 15.9 Å². The van der Waals surface area contributed by atoms with Gasteiger partial charge in [-0.05, 0) is 59.9 Å². The van der Waals surface area contributed by atoms with Gasteiger partial charge in [-0.15, -0.1) is 11.3 Å². The van der Waals surface area contributed by atoms with E-state index in [0.717, 1.165) is 45.9 Å². The molecular weight excluding hydrogens is 336 g/mol. The number of aromatic amines is 1. The minimum atomic E-state index is 0.00318. The summed E-state index contributed by atoms with van der Waals surface area (Å²) in [6.07, 6.45) is 3.21. The third kappa shape index (κ3) is 1.95. The second kappa shape index (κ2) is 5.13. The molecule has 0 aliphatic heterocycles. The first-order valence-electron chi connectivity index (χ1n) is 8.01. The molecule has 5 heteroatoms.